The molecule has 1 aliphatic carbocycles. The number of hydrogen-bond acceptors (Lipinski definition) is 3. The molecular formula is C25H22ClF2N3O2. The number of aryl methyl sites for hydroxylation is 1. The summed E-state index contributed by atoms with van der Waals surface area (Å²) in [5.41, 5.74) is 2.89. The number of rotatable bonds is 5. The number of nitrogens with zero attached hydrogens (tertiary/aromatic N) is 1. The molecule has 0 saturated carbocycles. The van der Waals surface area contributed by atoms with Crippen LogP contribution in [-0.2, 0) is 6.42 Å². The predicted molar refractivity (Wildman–Crippen MR) is 123 cm³/mol. The largest absolute Gasteiger partial charge is 0.454 e. The number of urea groups is 1. The van der Waals surface area contributed by atoms with Crippen molar-refractivity contribution in [1.29, 1.82) is 0 Å². The van der Waals surface area contributed by atoms with Gasteiger partial charge in [0, 0.05) is 41.9 Å². The third kappa shape index (κ3) is 4.79. The molecule has 1 atom stereocenters. The average Bonchev–Trinajstić information content (AvgIpc) is 3.15. The Morgan fingerprint density at radius 3 is 2.58 bits per heavy atom. The zero-order chi connectivity index (χ0) is 22.9. The van der Waals surface area contributed by atoms with Crippen molar-refractivity contribution in [2.75, 3.05) is 18.4 Å². The van der Waals surface area contributed by atoms with Crippen molar-refractivity contribution in [1.82, 2.24) is 10.2 Å². The minimum absolute atomic E-state index is 0.00838. The lowest BCUT2D eigenvalue weighted by Gasteiger charge is -2.41. The second-order valence-corrected chi connectivity index (χ2v) is 8.77. The summed E-state index contributed by atoms with van der Waals surface area (Å²) in [4.78, 5) is 14.2. The van der Waals surface area contributed by atoms with E-state index in [2.05, 4.69) is 16.7 Å². The van der Waals surface area contributed by atoms with Crippen LogP contribution in [-0.4, -0.2) is 30.1 Å². The lowest BCUT2D eigenvalue weighted by molar-refractivity contribution is 0.142. The molecule has 0 radical (unpaired) electrons. The maximum Gasteiger partial charge on any atom is 0.321 e. The highest BCUT2D eigenvalue weighted by atomic mass is 35.5. The molecule has 2 amide bonds. The summed E-state index contributed by atoms with van der Waals surface area (Å²) in [7, 11) is 0. The molecule has 1 unspecified atom stereocenters. The molecule has 3 aromatic rings. The van der Waals surface area contributed by atoms with Gasteiger partial charge in [0.05, 0.1) is 0 Å². The summed E-state index contributed by atoms with van der Waals surface area (Å²) in [5.74, 6) is -0.715. The molecule has 0 spiro atoms. The third-order valence-corrected chi connectivity index (χ3v) is 6.25. The molecule has 5 rings (SSSR count). The lowest BCUT2D eigenvalue weighted by atomic mass is 10.0. The highest BCUT2D eigenvalue weighted by Gasteiger charge is 2.34. The second-order valence-electron chi connectivity index (χ2n) is 8.33. The molecule has 1 saturated heterocycles. The lowest BCUT2D eigenvalue weighted by Crippen LogP contribution is -2.61. The van der Waals surface area contributed by atoms with Gasteiger partial charge in [-0.2, -0.15) is 0 Å². The molecule has 5 nitrogen and oxygen atoms in total. The van der Waals surface area contributed by atoms with E-state index in [1.54, 1.807) is 11.0 Å². The number of fused-ring (bicyclic) bond motifs is 1. The van der Waals surface area contributed by atoms with Crippen LogP contribution in [0.15, 0.2) is 60.7 Å². The monoisotopic (exact) mass is 469 g/mol. The van der Waals surface area contributed by atoms with E-state index in [9.17, 15) is 13.6 Å². The first kappa shape index (κ1) is 21.7. The van der Waals surface area contributed by atoms with Crippen LogP contribution in [0, 0.1) is 11.6 Å². The normalized spacial score (nSPS) is 17.4. The molecule has 1 fully saturated rings. The van der Waals surface area contributed by atoms with Crippen molar-refractivity contribution >= 4 is 23.3 Å². The van der Waals surface area contributed by atoms with E-state index in [0.29, 0.717) is 24.5 Å². The van der Waals surface area contributed by atoms with Crippen LogP contribution < -0.4 is 15.4 Å². The van der Waals surface area contributed by atoms with Gasteiger partial charge in [-0.05, 0) is 72.5 Å². The minimum atomic E-state index is -0.625. The minimum Gasteiger partial charge on any atom is -0.454 e. The molecule has 170 valence electrons. The Morgan fingerprint density at radius 2 is 1.82 bits per heavy atom. The zero-order valence-electron chi connectivity index (χ0n) is 17.7. The van der Waals surface area contributed by atoms with Crippen molar-refractivity contribution in [2.45, 2.75) is 24.9 Å². The second kappa shape index (κ2) is 9.00. The van der Waals surface area contributed by atoms with Crippen molar-refractivity contribution in [3.8, 4) is 11.5 Å². The number of ether oxygens (including phenoxy) is 1. The first-order valence-corrected chi connectivity index (χ1v) is 11.2. The summed E-state index contributed by atoms with van der Waals surface area (Å²) >= 11 is 6.08. The molecule has 3 aromatic carbocycles. The fourth-order valence-corrected chi connectivity index (χ4v) is 4.48. The van der Waals surface area contributed by atoms with Crippen molar-refractivity contribution in [3.63, 3.8) is 0 Å². The number of likely N-dealkylation sites (tertiary alicyclic amines) is 1. The SMILES string of the molecule is O=C(Nc1ccc(Oc2ccc(F)cc2)c(F)c1)N1CC(NC2CCc3cc(Cl)ccc32)C1. The Balaban J connectivity index is 1.12. The van der Waals surface area contributed by atoms with Gasteiger partial charge in [-0.3, -0.25) is 0 Å². The first-order chi connectivity index (χ1) is 15.9. The maximum absolute atomic E-state index is 14.4. The van der Waals surface area contributed by atoms with Gasteiger partial charge < -0.3 is 20.3 Å². The van der Waals surface area contributed by atoms with Gasteiger partial charge in [-0.15, -0.1) is 0 Å². The van der Waals surface area contributed by atoms with Gasteiger partial charge in [0.25, 0.3) is 0 Å². The van der Waals surface area contributed by atoms with Crippen LogP contribution in [0.5, 0.6) is 11.5 Å². The molecular weight excluding hydrogens is 448 g/mol. The summed E-state index contributed by atoms with van der Waals surface area (Å²) in [6, 6.07) is 15.7. The number of nitrogens with one attached hydrogen (secondary N) is 2. The zero-order valence-corrected chi connectivity index (χ0v) is 18.4. The van der Waals surface area contributed by atoms with Crippen LogP contribution >= 0.6 is 11.6 Å². The van der Waals surface area contributed by atoms with Crippen LogP contribution in [0.3, 0.4) is 0 Å². The third-order valence-electron chi connectivity index (χ3n) is 6.01. The van der Waals surface area contributed by atoms with Crippen LogP contribution in [0.1, 0.15) is 23.6 Å². The molecule has 0 aromatic heterocycles. The van der Waals surface area contributed by atoms with Gasteiger partial charge in [0.2, 0.25) is 0 Å². The fraction of sp³-hybridized carbons (Fsp3) is 0.240. The number of hydrogen-bond donors (Lipinski definition) is 2. The molecule has 1 aliphatic heterocycles. The summed E-state index contributed by atoms with van der Waals surface area (Å²) in [6.45, 7) is 1.17. The Hall–Kier alpha value is -3.16. The average molecular weight is 470 g/mol. The topological polar surface area (TPSA) is 53.6 Å². The Kier molecular flexibility index (Phi) is 5.91. The van der Waals surface area contributed by atoms with E-state index in [4.69, 9.17) is 16.3 Å². The first-order valence-electron chi connectivity index (χ1n) is 10.8. The number of carbonyl (C=O) groups is 1. The smallest absolute Gasteiger partial charge is 0.321 e. The number of benzene rings is 3. The standard InChI is InChI=1S/C25H22ClF2N3O2/c26-16-2-8-21-15(11-16)1-9-23(21)29-19-13-31(14-19)25(32)30-18-5-10-24(22(28)12-18)33-20-6-3-17(27)4-7-20/h2-8,10-12,19,23,29H,1,9,13-14H2,(H,30,32). The molecule has 33 heavy (non-hydrogen) atoms. The Bertz CT molecular complexity index is 1180. The fourth-order valence-electron chi connectivity index (χ4n) is 4.29. The Morgan fingerprint density at radius 1 is 1.03 bits per heavy atom. The molecule has 0 bridgehead atoms. The molecule has 1 heterocycles. The van der Waals surface area contributed by atoms with E-state index in [-0.39, 0.29) is 23.9 Å². The quantitative estimate of drug-likeness (QED) is 0.489. The summed E-state index contributed by atoms with van der Waals surface area (Å²) < 4.78 is 32.8. The van der Waals surface area contributed by atoms with Crippen molar-refractivity contribution in [2.24, 2.45) is 0 Å². The number of halogens is 3. The number of amides is 2. The van der Waals surface area contributed by atoms with Crippen molar-refractivity contribution in [3.05, 3.63) is 88.4 Å². The highest BCUT2D eigenvalue weighted by molar-refractivity contribution is 6.30. The van der Waals surface area contributed by atoms with Crippen molar-refractivity contribution < 1.29 is 18.3 Å². The van der Waals surface area contributed by atoms with Gasteiger partial charge in [-0.1, -0.05) is 17.7 Å². The van der Waals surface area contributed by atoms with E-state index in [1.807, 2.05) is 12.1 Å². The molecule has 8 heteroatoms. The van der Waals surface area contributed by atoms with Gasteiger partial charge in [-0.25, -0.2) is 13.6 Å². The summed E-state index contributed by atoms with van der Waals surface area (Å²) in [6.07, 6.45) is 2.01. The van der Waals surface area contributed by atoms with Crippen LogP contribution in [0.25, 0.3) is 0 Å². The molecule has 2 aliphatic rings. The predicted octanol–water partition coefficient (Wildman–Crippen LogP) is 5.90. The Labute approximate surface area is 195 Å². The van der Waals surface area contributed by atoms with Gasteiger partial charge >= 0.3 is 6.03 Å². The number of carbonyl (C=O) groups excluding carboxylic acids is 1. The summed E-state index contributed by atoms with van der Waals surface area (Å²) in [5, 5.41) is 7.09. The van der Waals surface area contributed by atoms with Crippen LogP contribution in [0.4, 0.5) is 19.3 Å². The van der Waals surface area contributed by atoms with E-state index < -0.39 is 11.6 Å². The molecule has 2 N–H and O–H groups in total. The van der Waals surface area contributed by atoms with E-state index in [0.717, 1.165) is 17.9 Å². The number of anilines is 1. The highest BCUT2D eigenvalue weighted by Crippen LogP contribution is 2.34. The van der Waals surface area contributed by atoms with E-state index >= 15 is 0 Å². The van der Waals surface area contributed by atoms with Gasteiger partial charge in [0.15, 0.2) is 11.6 Å². The van der Waals surface area contributed by atoms with Crippen LogP contribution in [0.2, 0.25) is 5.02 Å². The maximum atomic E-state index is 14.4. The van der Waals surface area contributed by atoms with Gasteiger partial charge in [0.1, 0.15) is 11.6 Å². The van der Waals surface area contributed by atoms with E-state index in [1.165, 1.54) is 47.5 Å².